The first-order chi connectivity index (χ1) is 14.4. The highest BCUT2D eigenvalue weighted by Gasteiger charge is 2.30. The van der Waals surface area contributed by atoms with E-state index in [1.165, 1.54) is 0 Å². The van der Waals surface area contributed by atoms with Crippen LogP contribution < -0.4 is 4.74 Å². The van der Waals surface area contributed by atoms with Crippen LogP contribution in [0.1, 0.15) is 45.2 Å². The first-order valence-corrected chi connectivity index (χ1v) is 10.3. The zero-order valence-electron chi connectivity index (χ0n) is 18.0. The normalized spacial score (nSPS) is 17.2. The molecule has 0 spiro atoms. The predicted molar refractivity (Wildman–Crippen MR) is 115 cm³/mol. The molecule has 1 aromatic carbocycles. The summed E-state index contributed by atoms with van der Waals surface area (Å²) in [5.74, 6) is 0.746. The van der Waals surface area contributed by atoms with Crippen molar-refractivity contribution in [1.29, 1.82) is 0 Å². The molecule has 1 amide bonds. The number of hydrogen-bond donors (Lipinski definition) is 0. The van der Waals surface area contributed by atoms with Crippen molar-refractivity contribution in [2.75, 3.05) is 20.2 Å². The molecular formula is C23H28N4O3. The highest BCUT2D eigenvalue weighted by atomic mass is 16.6. The van der Waals surface area contributed by atoms with Gasteiger partial charge in [0.05, 0.1) is 19.0 Å². The number of carbonyl (C=O) groups is 1. The maximum absolute atomic E-state index is 12.6. The highest BCUT2D eigenvalue weighted by Crippen LogP contribution is 2.32. The molecule has 158 valence electrons. The van der Waals surface area contributed by atoms with Crippen LogP contribution in [0.4, 0.5) is 4.79 Å². The number of amides is 1. The van der Waals surface area contributed by atoms with Crippen LogP contribution in [0.25, 0.3) is 16.8 Å². The maximum Gasteiger partial charge on any atom is 0.410 e. The van der Waals surface area contributed by atoms with Gasteiger partial charge in [0.2, 0.25) is 5.88 Å². The van der Waals surface area contributed by atoms with Gasteiger partial charge in [-0.3, -0.25) is 0 Å². The lowest BCUT2D eigenvalue weighted by Gasteiger charge is -2.34. The third-order valence-corrected chi connectivity index (χ3v) is 5.24. The minimum absolute atomic E-state index is 0.115. The van der Waals surface area contributed by atoms with Crippen molar-refractivity contribution in [1.82, 2.24) is 19.5 Å². The van der Waals surface area contributed by atoms with Gasteiger partial charge in [-0.2, -0.15) is 9.61 Å². The number of hydrogen-bond acceptors (Lipinski definition) is 5. The lowest BCUT2D eigenvalue weighted by molar-refractivity contribution is 0.0197. The largest absolute Gasteiger partial charge is 0.481 e. The summed E-state index contributed by atoms with van der Waals surface area (Å²) in [7, 11) is 1.64. The van der Waals surface area contributed by atoms with Gasteiger partial charge in [0.1, 0.15) is 5.60 Å². The van der Waals surface area contributed by atoms with Gasteiger partial charge >= 0.3 is 6.09 Å². The van der Waals surface area contributed by atoms with Gasteiger partial charge < -0.3 is 14.4 Å². The minimum Gasteiger partial charge on any atom is -0.481 e. The van der Waals surface area contributed by atoms with Crippen molar-refractivity contribution >= 4 is 11.7 Å². The average molecular weight is 409 g/mol. The van der Waals surface area contributed by atoms with Crippen LogP contribution in [0, 0.1) is 0 Å². The number of fused-ring (bicyclic) bond motifs is 1. The van der Waals surface area contributed by atoms with Crippen LogP contribution in [0.15, 0.2) is 42.6 Å². The Morgan fingerprint density at radius 3 is 2.67 bits per heavy atom. The number of aromatic nitrogens is 3. The third kappa shape index (κ3) is 4.10. The zero-order chi connectivity index (χ0) is 21.3. The van der Waals surface area contributed by atoms with Crippen LogP contribution >= 0.6 is 0 Å². The van der Waals surface area contributed by atoms with Gasteiger partial charge in [-0.15, -0.1) is 0 Å². The molecule has 0 radical (unpaired) electrons. The number of likely N-dealkylation sites (tertiary alicyclic amines) is 1. The van der Waals surface area contributed by atoms with Crippen LogP contribution in [0.5, 0.6) is 5.88 Å². The van der Waals surface area contributed by atoms with E-state index in [9.17, 15) is 4.79 Å². The van der Waals surface area contributed by atoms with Crippen LogP contribution in [0.3, 0.4) is 0 Å². The Morgan fingerprint density at radius 2 is 1.97 bits per heavy atom. The van der Waals surface area contributed by atoms with Crippen molar-refractivity contribution in [3.63, 3.8) is 0 Å². The molecular weight excluding hydrogens is 380 g/mol. The second-order valence-corrected chi connectivity index (χ2v) is 8.65. The molecule has 4 rings (SSSR count). The van der Waals surface area contributed by atoms with Crippen LogP contribution in [-0.4, -0.2) is 51.4 Å². The fourth-order valence-corrected chi connectivity index (χ4v) is 3.84. The number of benzene rings is 1. The Balaban J connectivity index is 1.67. The van der Waals surface area contributed by atoms with Crippen molar-refractivity contribution in [2.24, 2.45) is 0 Å². The molecule has 0 saturated carbocycles. The maximum atomic E-state index is 12.6. The number of methoxy groups -OCH3 is 1. The number of ether oxygens (including phenoxy) is 2. The fourth-order valence-electron chi connectivity index (χ4n) is 3.84. The van der Waals surface area contributed by atoms with E-state index in [1.807, 2.05) is 63.4 Å². The fraction of sp³-hybridized carbons (Fsp3) is 0.435. The number of nitrogens with zero attached hydrogens (tertiary/aromatic N) is 4. The van der Waals surface area contributed by atoms with Gasteiger partial charge in [-0.25, -0.2) is 9.78 Å². The zero-order valence-corrected chi connectivity index (χ0v) is 18.0. The van der Waals surface area contributed by atoms with Gasteiger partial charge in [-0.1, -0.05) is 30.3 Å². The summed E-state index contributed by atoms with van der Waals surface area (Å²) in [5, 5.41) is 4.48. The molecule has 1 aliphatic heterocycles. The molecule has 3 heterocycles. The monoisotopic (exact) mass is 408 g/mol. The lowest BCUT2D eigenvalue weighted by Crippen LogP contribution is -2.42. The third-order valence-electron chi connectivity index (χ3n) is 5.24. The molecule has 1 fully saturated rings. The second-order valence-electron chi connectivity index (χ2n) is 8.65. The summed E-state index contributed by atoms with van der Waals surface area (Å²) >= 11 is 0. The molecule has 7 heteroatoms. The molecule has 1 atom stereocenters. The molecule has 0 aliphatic carbocycles. The van der Waals surface area contributed by atoms with Crippen LogP contribution in [-0.2, 0) is 4.74 Å². The van der Waals surface area contributed by atoms with Crippen molar-refractivity contribution in [3.05, 3.63) is 48.3 Å². The summed E-state index contributed by atoms with van der Waals surface area (Å²) in [5.41, 5.74) is 3.16. The molecule has 1 unspecified atom stereocenters. The summed E-state index contributed by atoms with van der Waals surface area (Å²) in [6.45, 7) is 6.94. The van der Waals surface area contributed by atoms with E-state index in [2.05, 4.69) is 5.10 Å². The smallest absolute Gasteiger partial charge is 0.410 e. The number of piperidine rings is 1. The van der Waals surface area contributed by atoms with E-state index >= 15 is 0 Å². The van der Waals surface area contributed by atoms with Gasteiger partial charge in [0.25, 0.3) is 0 Å². The van der Waals surface area contributed by atoms with Gasteiger partial charge in [-0.05, 0) is 39.2 Å². The summed E-state index contributed by atoms with van der Waals surface area (Å²) in [6.07, 6.45) is 3.41. The predicted octanol–water partition coefficient (Wildman–Crippen LogP) is 4.52. The lowest BCUT2D eigenvalue weighted by atomic mass is 9.94. The Bertz CT molecular complexity index is 1040. The highest BCUT2D eigenvalue weighted by molar-refractivity contribution is 5.77. The Morgan fingerprint density at radius 1 is 1.20 bits per heavy atom. The standard InChI is InChI=1S/C23H28N4O3/c1-23(2,3)30-22(28)26-12-8-11-17(15-26)19-13-20(29-4)27-21(25-19)18(14-24-27)16-9-6-5-7-10-16/h5-7,9-10,13-14,17H,8,11-12,15H2,1-4H3. The van der Waals surface area contributed by atoms with Gasteiger partial charge in [0, 0.05) is 30.6 Å². The average Bonchev–Trinajstić information content (AvgIpc) is 3.16. The second kappa shape index (κ2) is 7.97. The van der Waals surface area contributed by atoms with Crippen molar-refractivity contribution < 1.29 is 14.3 Å². The van der Waals surface area contributed by atoms with Gasteiger partial charge in [0.15, 0.2) is 5.65 Å². The van der Waals surface area contributed by atoms with E-state index in [4.69, 9.17) is 14.5 Å². The molecule has 0 bridgehead atoms. The first kappa shape index (κ1) is 20.2. The molecule has 2 aromatic heterocycles. The summed E-state index contributed by atoms with van der Waals surface area (Å²) in [4.78, 5) is 19.3. The van der Waals surface area contributed by atoms with E-state index in [1.54, 1.807) is 16.5 Å². The van der Waals surface area contributed by atoms with Crippen molar-refractivity contribution in [2.45, 2.75) is 45.1 Å². The Kier molecular flexibility index (Phi) is 5.37. The van der Waals surface area contributed by atoms with E-state index in [0.29, 0.717) is 19.0 Å². The van der Waals surface area contributed by atoms with Crippen LogP contribution in [0.2, 0.25) is 0 Å². The SMILES string of the molecule is COc1cc(C2CCCN(C(=O)OC(C)(C)C)C2)nc2c(-c3ccccc3)cnn12. The quantitative estimate of drug-likeness (QED) is 0.637. The first-order valence-electron chi connectivity index (χ1n) is 10.3. The Labute approximate surface area is 176 Å². The van der Waals surface area contributed by atoms with Crippen molar-refractivity contribution in [3.8, 4) is 17.0 Å². The van der Waals surface area contributed by atoms with E-state index in [-0.39, 0.29) is 12.0 Å². The molecule has 3 aromatic rings. The van der Waals surface area contributed by atoms with E-state index in [0.717, 1.165) is 35.3 Å². The Hall–Kier alpha value is -3.09. The number of carbonyl (C=O) groups excluding carboxylic acids is 1. The molecule has 1 saturated heterocycles. The minimum atomic E-state index is -0.507. The molecule has 7 nitrogen and oxygen atoms in total. The van der Waals surface area contributed by atoms with E-state index < -0.39 is 5.60 Å². The summed E-state index contributed by atoms with van der Waals surface area (Å²) < 4.78 is 12.9. The topological polar surface area (TPSA) is 69.0 Å². The number of rotatable bonds is 3. The molecule has 1 aliphatic rings. The summed E-state index contributed by atoms with van der Waals surface area (Å²) in [6, 6.07) is 12.0. The molecule has 0 N–H and O–H groups in total. The molecule has 30 heavy (non-hydrogen) atoms.